The molecule has 1 unspecified atom stereocenters. The molecule has 0 saturated carbocycles. The van der Waals surface area contributed by atoms with Crippen LogP contribution in [0.1, 0.15) is 47.3 Å². The van der Waals surface area contributed by atoms with Crippen molar-refractivity contribution in [3.63, 3.8) is 0 Å². The van der Waals surface area contributed by atoms with Crippen LogP contribution in [0.4, 0.5) is 0 Å². The van der Waals surface area contributed by atoms with Crippen molar-refractivity contribution in [3.05, 3.63) is 64.7 Å². The Balaban J connectivity index is 2.13. The van der Waals surface area contributed by atoms with E-state index < -0.39 is 16.4 Å². The van der Waals surface area contributed by atoms with Gasteiger partial charge in [-0.1, -0.05) is 48.0 Å². The summed E-state index contributed by atoms with van der Waals surface area (Å²) >= 11 is 0. The second-order valence-corrected chi connectivity index (χ2v) is 12.3. The molecule has 0 aliphatic heterocycles. The Hall–Kier alpha value is -1.52. The van der Waals surface area contributed by atoms with Gasteiger partial charge in [0.2, 0.25) is 5.52 Å². The third-order valence-corrected chi connectivity index (χ3v) is 10.3. The molecule has 0 amide bonds. The average Bonchev–Trinajstić information content (AvgIpc) is 2.68. The summed E-state index contributed by atoms with van der Waals surface area (Å²) in [6.45, 7) is 10.9. The molecule has 4 nitrogen and oxygen atoms in total. The van der Waals surface area contributed by atoms with Gasteiger partial charge in [0.1, 0.15) is 7.80 Å². The summed E-state index contributed by atoms with van der Waals surface area (Å²) in [6.07, 6.45) is 1.03. The van der Waals surface area contributed by atoms with Crippen molar-refractivity contribution in [2.45, 2.75) is 47.1 Å². The van der Waals surface area contributed by atoms with Gasteiger partial charge >= 0.3 is 8.56 Å². The number of carbonyl (C=O) groups is 1. The van der Waals surface area contributed by atoms with E-state index >= 15 is 0 Å². The number of carbonyl (C=O) groups excluding carboxylic acids is 1. The fourth-order valence-corrected chi connectivity index (χ4v) is 8.95. The number of hydrogen-bond acceptors (Lipinski definition) is 4. The molecule has 6 heteroatoms. The molecule has 2 rings (SSSR count). The third-order valence-electron chi connectivity index (χ3n) is 5.04. The van der Waals surface area contributed by atoms with Gasteiger partial charge in [-0.2, -0.15) is 0 Å². The van der Waals surface area contributed by atoms with Crippen molar-refractivity contribution in [2.75, 3.05) is 19.4 Å². The lowest BCUT2D eigenvalue weighted by Gasteiger charge is -2.30. The number of rotatable bonds is 11. The van der Waals surface area contributed by atoms with Gasteiger partial charge in [-0.25, -0.2) is 0 Å². The van der Waals surface area contributed by atoms with Gasteiger partial charge in [-0.05, 0) is 63.4 Å². The zero-order valence-corrected chi connectivity index (χ0v) is 20.2. The van der Waals surface area contributed by atoms with Crippen molar-refractivity contribution in [2.24, 2.45) is 0 Å². The lowest BCUT2D eigenvalue weighted by Crippen LogP contribution is -2.53. The first-order valence-electron chi connectivity index (χ1n) is 10.3. The molecule has 29 heavy (non-hydrogen) atoms. The van der Waals surface area contributed by atoms with Crippen LogP contribution in [-0.4, -0.2) is 33.5 Å². The Bertz CT molecular complexity index is 822. The predicted octanol–water partition coefficient (Wildman–Crippen LogP) is 5.12. The van der Waals surface area contributed by atoms with Crippen LogP contribution < -0.4 is 5.19 Å². The Kier molecular flexibility index (Phi) is 9.03. The van der Waals surface area contributed by atoms with E-state index in [2.05, 4.69) is 0 Å². The van der Waals surface area contributed by atoms with E-state index in [1.165, 1.54) is 0 Å². The van der Waals surface area contributed by atoms with Crippen LogP contribution in [0, 0.1) is 20.8 Å². The van der Waals surface area contributed by atoms with Crippen molar-refractivity contribution < 1.29 is 18.2 Å². The monoisotopic (exact) mass is 432 g/mol. The highest BCUT2D eigenvalue weighted by Crippen LogP contribution is 2.33. The first-order chi connectivity index (χ1) is 13.8. The van der Waals surface area contributed by atoms with Crippen molar-refractivity contribution >= 4 is 27.1 Å². The molecule has 158 valence electrons. The molecular weight excluding hydrogens is 399 g/mol. The second-order valence-electron chi connectivity index (χ2n) is 7.36. The van der Waals surface area contributed by atoms with Gasteiger partial charge in [0, 0.05) is 24.9 Å². The Labute approximate surface area is 176 Å². The maximum absolute atomic E-state index is 12.9. The summed E-state index contributed by atoms with van der Waals surface area (Å²) in [7, 11) is -5.00. The number of benzene rings is 2. The van der Waals surface area contributed by atoms with E-state index in [9.17, 15) is 9.36 Å². The van der Waals surface area contributed by atoms with Crippen molar-refractivity contribution in [1.29, 1.82) is 0 Å². The lowest BCUT2D eigenvalue weighted by molar-refractivity contribution is 0.107. The summed E-state index contributed by atoms with van der Waals surface area (Å²) in [5.74, 6) is 0. The van der Waals surface area contributed by atoms with Crippen LogP contribution in [-0.2, 0) is 13.4 Å². The van der Waals surface area contributed by atoms with E-state index in [1.54, 1.807) is 0 Å². The molecule has 1 atom stereocenters. The molecule has 0 N–H and O–H groups in total. The maximum Gasteiger partial charge on any atom is 0.372 e. The molecule has 0 heterocycles. The average molecular weight is 433 g/mol. The minimum Gasteiger partial charge on any atom is -0.391 e. The molecule has 0 aliphatic rings. The summed E-state index contributed by atoms with van der Waals surface area (Å²) < 4.78 is 25.2. The van der Waals surface area contributed by atoms with Gasteiger partial charge in [-0.15, -0.1) is 0 Å². The van der Waals surface area contributed by atoms with Gasteiger partial charge in [0.05, 0.1) is 0 Å². The highest BCUT2D eigenvalue weighted by molar-refractivity contribution is 7.64. The van der Waals surface area contributed by atoms with Crippen molar-refractivity contribution in [1.82, 2.24) is 0 Å². The highest BCUT2D eigenvalue weighted by atomic mass is 31.1. The van der Waals surface area contributed by atoms with Gasteiger partial charge in [0.25, 0.3) is 0 Å². The molecule has 2 aromatic rings. The van der Waals surface area contributed by atoms with Gasteiger partial charge < -0.3 is 13.4 Å². The Morgan fingerprint density at radius 1 is 0.966 bits per heavy atom. The molecule has 0 saturated heterocycles. The quantitative estimate of drug-likeness (QED) is 0.365. The fourth-order valence-electron chi connectivity index (χ4n) is 3.93. The number of hydrogen-bond donors (Lipinski definition) is 0. The summed E-state index contributed by atoms with van der Waals surface area (Å²) in [4.78, 5) is 12.9. The first kappa shape index (κ1) is 23.8. The Morgan fingerprint density at radius 2 is 1.52 bits per heavy atom. The topological polar surface area (TPSA) is 52.6 Å². The van der Waals surface area contributed by atoms with E-state index in [4.69, 9.17) is 8.85 Å². The fraction of sp³-hybridized carbons (Fsp3) is 0.435. The standard InChI is InChI=1S/C23H33O4PSi/c1-6-26-29(27-7-2,21-12-9-8-10-13-21)15-11-14-28(25)23(24)22-19(4)16-18(3)17-20(22)5/h8-10,12-13,16-17,28H,6-7,11,14-15H2,1-5H3. The molecule has 0 aromatic heterocycles. The lowest BCUT2D eigenvalue weighted by atomic mass is 10.0. The molecule has 0 fully saturated rings. The van der Waals surface area contributed by atoms with Crippen LogP contribution in [0.5, 0.6) is 0 Å². The largest absolute Gasteiger partial charge is 0.391 e. The first-order valence-corrected chi connectivity index (χ1v) is 14.0. The second kappa shape index (κ2) is 11.0. The molecule has 0 spiro atoms. The molecule has 0 aliphatic carbocycles. The minimum atomic E-state index is -2.62. The van der Waals surface area contributed by atoms with E-state index in [0.717, 1.165) is 21.9 Å². The van der Waals surface area contributed by atoms with Crippen LogP contribution in [0.2, 0.25) is 6.04 Å². The summed E-state index contributed by atoms with van der Waals surface area (Å²) in [5.41, 5.74) is 3.35. The molecular formula is C23H33O4PSi. The zero-order chi connectivity index (χ0) is 21.4. The van der Waals surface area contributed by atoms with Crippen LogP contribution >= 0.6 is 7.80 Å². The predicted molar refractivity (Wildman–Crippen MR) is 123 cm³/mol. The Morgan fingerprint density at radius 3 is 2.03 bits per heavy atom. The van der Waals surface area contributed by atoms with Crippen LogP contribution in [0.25, 0.3) is 0 Å². The normalized spacial score (nSPS) is 12.7. The molecule has 2 aromatic carbocycles. The van der Waals surface area contributed by atoms with E-state index in [-0.39, 0.29) is 5.52 Å². The third kappa shape index (κ3) is 5.99. The SMILES string of the molecule is CCO[Si](CCC[PH](=O)C(=O)c1c(C)cc(C)cc1C)(OCC)c1ccccc1. The van der Waals surface area contributed by atoms with Gasteiger partial charge in [0.15, 0.2) is 0 Å². The van der Waals surface area contributed by atoms with Crippen LogP contribution in [0.3, 0.4) is 0 Å². The summed E-state index contributed by atoms with van der Waals surface area (Å²) in [6, 6.07) is 14.7. The van der Waals surface area contributed by atoms with Crippen molar-refractivity contribution in [3.8, 4) is 0 Å². The summed E-state index contributed by atoms with van der Waals surface area (Å²) in [5, 5.41) is 1.08. The van der Waals surface area contributed by atoms with E-state index in [0.29, 0.717) is 37.4 Å². The highest BCUT2D eigenvalue weighted by Gasteiger charge is 2.39. The van der Waals surface area contributed by atoms with Crippen LogP contribution in [0.15, 0.2) is 42.5 Å². The zero-order valence-electron chi connectivity index (χ0n) is 18.2. The smallest absolute Gasteiger partial charge is 0.372 e. The molecule has 0 bridgehead atoms. The molecule has 0 radical (unpaired) electrons. The maximum atomic E-state index is 12.9. The minimum absolute atomic E-state index is 0.204. The van der Waals surface area contributed by atoms with Gasteiger partial charge in [-0.3, -0.25) is 4.79 Å². The number of aryl methyl sites for hydroxylation is 3. The van der Waals surface area contributed by atoms with E-state index in [1.807, 2.05) is 77.1 Å².